The van der Waals surface area contributed by atoms with E-state index in [9.17, 15) is 13.6 Å². The Kier molecular flexibility index (Phi) is 6.82. The molecule has 0 unspecified atom stereocenters. The van der Waals surface area contributed by atoms with Crippen LogP contribution in [0.4, 0.5) is 20.3 Å². The van der Waals surface area contributed by atoms with Crippen molar-refractivity contribution in [3.05, 3.63) is 65.8 Å². The summed E-state index contributed by atoms with van der Waals surface area (Å²) in [6.07, 6.45) is 8.20. The minimum atomic E-state index is -2.70. The molecular weight excluding hydrogens is 476 g/mol. The number of allylic oxidation sites excluding steroid dienone is 2. The monoisotopic (exact) mass is 507 g/mol. The number of carbonyl (C=O) groups excluding carboxylic acids is 1. The van der Waals surface area contributed by atoms with Gasteiger partial charge in [-0.2, -0.15) is 5.10 Å². The Labute approximate surface area is 214 Å². The van der Waals surface area contributed by atoms with Crippen LogP contribution in [0.2, 0.25) is 0 Å². The van der Waals surface area contributed by atoms with Crippen LogP contribution in [0, 0.1) is 0 Å². The number of amides is 1. The summed E-state index contributed by atoms with van der Waals surface area (Å²) in [7, 11) is 0. The third-order valence-corrected chi connectivity index (χ3v) is 6.99. The van der Waals surface area contributed by atoms with Crippen molar-refractivity contribution in [3.63, 3.8) is 0 Å². The first-order valence-corrected chi connectivity index (χ1v) is 12.6. The maximum atomic E-state index is 13.5. The van der Waals surface area contributed by atoms with Crippen molar-refractivity contribution in [3.8, 4) is 0 Å². The number of hydrogen-bond donors (Lipinski definition) is 3. The Morgan fingerprint density at radius 1 is 1.22 bits per heavy atom. The van der Waals surface area contributed by atoms with Gasteiger partial charge in [0.15, 0.2) is 5.69 Å². The Bertz CT molecular complexity index is 1340. The standard InChI is InChI=1S/C27H31F2N7O/c1-2-18(13-21(15-30)35-10-3-4-11-35)19-5-7-23-22(14-19)25(34-33-23)26(37)32-20-6-8-24(31-16-20)36-12-9-27(28,29)17-36/h5-8,13-16H,2-4,9-12,17,30H2,1H3,(H,32,37)(H,33,34)/b18-13+,21-15+. The van der Waals surface area contributed by atoms with Crippen LogP contribution >= 0.6 is 0 Å². The molecular formula is C27H31F2N7O. The van der Waals surface area contributed by atoms with Gasteiger partial charge in [0.25, 0.3) is 11.8 Å². The van der Waals surface area contributed by atoms with Crippen LogP contribution in [0.25, 0.3) is 16.5 Å². The van der Waals surface area contributed by atoms with E-state index in [4.69, 9.17) is 5.73 Å². The molecule has 4 heterocycles. The number of fused-ring (bicyclic) bond motifs is 1. The summed E-state index contributed by atoms with van der Waals surface area (Å²) >= 11 is 0. The van der Waals surface area contributed by atoms with E-state index in [-0.39, 0.29) is 31.1 Å². The van der Waals surface area contributed by atoms with Gasteiger partial charge in [-0.15, -0.1) is 0 Å². The molecule has 0 saturated carbocycles. The number of H-pyrrole nitrogens is 1. The number of aromatic nitrogens is 3. The number of nitrogens with zero attached hydrogens (tertiary/aromatic N) is 4. The van der Waals surface area contributed by atoms with Gasteiger partial charge in [-0.3, -0.25) is 9.89 Å². The minimum Gasteiger partial charge on any atom is -0.403 e. The van der Waals surface area contributed by atoms with Gasteiger partial charge >= 0.3 is 0 Å². The molecule has 1 aromatic carbocycles. The molecule has 1 amide bonds. The number of hydrogen-bond acceptors (Lipinski definition) is 6. The molecule has 0 spiro atoms. The minimum absolute atomic E-state index is 0.182. The van der Waals surface area contributed by atoms with Gasteiger partial charge in [0.1, 0.15) is 5.82 Å². The van der Waals surface area contributed by atoms with Crippen LogP contribution in [0.3, 0.4) is 0 Å². The molecule has 2 fully saturated rings. The molecule has 3 aromatic rings. The summed E-state index contributed by atoms with van der Waals surface area (Å²) in [4.78, 5) is 21.2. The second kappa shape index (κ2) is 10.2. The molecule has 10 heteroatoms. The fourth-order valence-electron chi connectivity index (χ4n) is 4.94. The number of carbonyl (C=O) groups is 1. The largest absolute Gasteiger partial charge is 0.403 e. The van der Waals surface area contributed by atoms with E-state index in [1.54, 1.807) is 23.2 Å². The van der Waals surface area contributed by atoms with Gasteiger partial charge in [-0.25, -0.2) is 13.8 Å². The molecule has 4 N–H and O–H groups in total. The van der Waals surface area contributed by atoms with Crippen molar-refractivity contribution < 1.29 is 13.6 Å². The molecule has 37 heavy (non-hydrogen) atoms. The maximum Gasteiger partial charge on any atom is 0.276 e. The predicted molar refractivity (Wildman–Crippen MR) is 141 cm³/mol. The average molecular weight is 508 g/mol. The number of likely N-dealkylation sites (tertiary alicyclic amines) is 1. The van der Waals surface area contributed by atoms with Crippen molar-refractivity contribution in [1.82, 2.24) is 20.1 Å². The highest BCUT2D eigenvalue weighted by Gasteiger charge is 2.38. The van der Waals surface area contributed by atoms with Gasteiger partial charge in [0.2, 0.25) is 0 Å². The zero-order valence-corrected chi connectivity index (χ0v) is 20.8. The molecule has 2 aromatic heterocycles. The lowest BCUT2D eigenvalue weighted by atomic mass is 10.00. The summed E-state index contributed by atoms with van der Waals surface area (Å²) in [6, 6.07) is 9.20. The molecule has 8 nitrogen and oxygen atoms in total. The smallest absolute Gasteiger partial charge is 0.276 e. The Morgan fingerprint density at radius 3 is 2.68 bits per heavy atom. The molecule has 2 saturated heterocycles. The van der Waals surface area contributed by atoms with Crippen LogP contribution < -0.4 is 16.0 Å². The highest BCUT2D eigenvalue weighted by Crippen LogP contribution is 2.31. The highest BCUT2D eigenvalue weighted by molar-refractivity contribution is 6.11. The summed E-state index contributed by atoms with van der Waals surface area (Å²) in [5, 5.41) is 10.7. The second-order valence-electron chi connectivity index (χ2n) is 9.53. The lowest BCUT2D eigenvalue weighted by Crippen LogP contribution is -2.25. The zero-order chi connectivity index (χ0) is 26.0. The van der Waals surface area contributed by atoms with Crippen molar-refractivity contribution in [1.29, 1.82) is 0 Å². The molecule has 2 aliphatic heterocycles. The number of aromatic amines is 1. The Morgan fingerprint density at radius 2 is 2.03 bits per heavy atom. The SMILES string of the molecule is CC/C(=C\C(=C/N)N1CCCC1)c1ccc2[nH]nc(C(=O)Nc3ccc(N4CCC(F)(F)C4)nc3)c2c1. The predicted octanol–water partition coefficient (Wildman–Crippen LogP) is 4.74. The van der Waals surface area contributed by atoms with Crippen molar-refractivity contribution >= 4 is 33.9 Å². The topological polar surface area (TPSA) is 103 Å². The van der Waals surface area contributed by atoms with E-state index in [2.05, 4.69) is 38.4 Å². The number of benzene rings is 1. The maximum absolute atomic E-state index is 13.5. The van der Waals surface area contributed by atoms with Crippen LogP contribution in [0.5, 0.6) is 0 Å². The number of halogens is 2. The summed E-state index contributed by atoms with van der Waals surface area (Å²) in [5.41, 5.74) is 10.5. The van der Waals surface area contributed by atoms with E-state index in [0.29, 0.717) is 16.9 Å². The van der Waals surface area contributed by atoms with E-state index in [1.807, 2.05) is 18.2 Å². The number of rotatable bonds is 7. The first-order valence-electron chi connectivity index (χ1n) is 12.6. The van der Waals surface area contributed by atoms with Crippen molar-refractivity contribution in [2.45, 2.75) is 38.5 Å². The number of nitrogens with two attached hydrogens (primary N) is 1. The quantitative estimate of drug-likeness (QED) is 0.399. The summed E-state index contributed by atoms with van der Waals surface area (Å²) < 4.78 is 27.0. The Balaban J connectivity index is 1.35. The van der Waals surface area contributed by atoms with Gasteiger partial charge in [-0.05, 0) is 60.7 Å². The van der Waals surface area contributed by atoms with E-state index < -0.39 is 5.92 Å². The van der Waals surface area contributed by atoms with Crippen LogP contribution in [-0.2, 0) is 0 Å². The van der Waals surface area contributed by atoms with Crippen LogP contribution in [0.1, 0.15) is 48.7 Å². The lowest BCUT2D eigenvalue weighted by Gasteiger charge is -2.19. The molecule has 0 bridgehead atoms. The third-order valence-electron chi connectivity index (χ3n) is 6.99. The first-order chi connectivity index (χ1) is 17.9. The number of alkyl halides is 2. The van der Waals surface area contributed by atoms with Crippen molar-refractivity contribution in [2.24, 2.45) is 5.73 Å². The van der Waals surface area contributed by atoms with Gasteiger partial charge in [0, 0.05) is 37.6 Å². The van der Waals surface area contributed by atoms with E-state index >= 15 is 0 Å². The first kappa shape index (κ1) is 24.7. The zero-order valence-electron chi connectivity index (χ0n) is 20.8. The molecule has 194 valence electrons. The van der Waals surface area contributed by atoms with Gasteiger partial charge in [-0.1, -0.05) is 13.0 Å². The Hall–Kier alpha value is -3.95. The number of nitrogens with one attached hydrogen (secondary N) is 2. The molecule has 0 aliphatic carbocycles. The van der Waals surface area contributed by atoms with Crippen LogP contribution in [-0.4, -0.2) is 58.1 Å². The lowest BCUT2D eigenvalue weighted by molar-refractivity contribution is 0.0256. The molecule has 0 radical (unpaired) electrons. The van der Waals surface area contributed by atoms with E-state index in [1.165, 1.54) is 19.0 Å². The van der Waals surface area contributed by atoms with Gasteiger partial charge < -0.3 is 20.9 Å². The third kappa shape index (κ3) is 5.28. The summed E-state index contributed by atoms with van der Waals surface area (Å²) in [6.45, 7) is 4.01. The van der Waals surface area contributed by atoms with Gasteiger partial charge in [0.05, 0.1) is 29.6 Å². The highest BCUT2D eigenvalue weighted by atomic mass is 19.3. The van der Waals surface area contributed by atoms with Crippen LogP contribution in [0.15, 0.2) is 54.5 Å². The normalized spacial score (nSPS) is 18.1. The second-order valence-corrected chi connectivity index (χ2v) is 9.53. The fourth-order valence-corrected chi connectivity index (χ4v) is 4.94. The molecule has 2 aliphatic rings. The fraction of sp³-hybridized carbons (Fsp3) is 0.370. The summed E-state index contributed by atoms with van der Waals surface area (Å²) in [5.74, 6) is -2.62. The average Bonchev–Trinajstić information content (AvgIpc) is 3.65. The van der Waals surface area contributed by atoms with E-state index in [0.717, 1.165) is 41.9 Å². The molecule has 5 rings (SSSR count). The van der Waals surface area contributed by atoms with Crippen molar-refractivity contribution in [2.75, 3.05) is 36.4 Å². The molecule has 0 atom stereocenters. The number of anilines is 2. The number of pyridine rings is 1.